The molecule has 184 valence electrons. The number of aromatic carboxylic acids is 1. The van der Waals surface area contributed by atoms with Gasteiger partial charge in [0.15, 0.2) is 0 Å². The number of hydrogen-bond donors (Lipinski definition) is 1. The van der Waals surface area contributed by atoms with Crippen LogP contribution in [0.3, 0.4) is 0 Å². The third kappa shape index (κ3) is 5.36. The predicted molar refractivity (Wildman–Crippen MR) is 129 cm³/mol. The Morgan fingerprint density at radius 2 is 1.80 bits per heavy atom. The van der Waals surface area contributed by atoms with Gasteiger partial charge in [0.25, 0.3) is 0 Å². The second kappa shape index (κ2) is 11.2. The molecule has 1 N–H and O–H groups in total. The Morgan fingerprint density at radius 1 is 1.09 bits per heavy atom. The topological polar surface area (TPSA) is 103 Å². The van der Waals surface area contributed by atoms with Gasteiger partial charge in [-0.1, -0.05) is 37.3 Å². The van der Waals surface area contributed by atoms with Crippen LogP contribution in [-0.2, 0) is 15.9 Å². The van der Waals surface area contributed by atoms with Crippen molar-refractivity contribution >= 4 is 11.9 Å². The summed E-state index contributed by atoms with van der Waals surface area (Å²) in [7, 11) is 1.35. The van der Waals surface area contributed by atoms with Gasteiger partial charge in [-0.3, -0.25) is 4.90 Å². The van der Waals surface area contributed by atoms with E-state index in [0.717, 1.165) is 24.2 Å². The minimum atomic E-state index is -1.07. The highest BCUT2D eigenvalue weighted by molar-refractivity contribution is 5.97. The second-order valence-electron chi connectivity index (χ2n) is 8.08. The average Bonchev–Trinajstić information content (AvgIpc) is 3.28. The van der Waals surface area contributed by atoms with Crippen molar-refractivity contribution < 1.29 is 28.9 Å². The SMILES string of the molecule is CCc1nn(-c2ccc(-c3ccccc3C(=O)OC)cc2)c(OCCN2CCOCC2)c1C(=O)O. The van der Waals surface area contributed by atoms with Crippen LogP contribution in [0.15, 0.2) is 48.5 Å². The maximum absolute atomic E-state index is 12.2. The molecule has 4 rings (SSSR count). The molecule has 0 bridgehead atoms. The van der Waals surface area contributed by atoms with Gasteiger partial charge in [0, 0.05) is 19.6 Å². The normalized spacial score (nSPS) is 14.0. The fraction of sp³-hybridized carbons (Fsp3) is 0.346. The zero-order valence-corrected chi connectivity index (χ0v) is 19.9. The van der Waals surface area contributed by atoms with Crippen LogP contribution in [0.1, 0.15) is 33.3 Å². The highest BCUT2D eigenvalue weighted by Gasteiger charge is 2.25. The van der Waals surface area contributed by atoms with Crippen LogP contribution in [0.2, 0.25) is 0 Å². The number of carbonyl (C=O) groups excluding carboxylic acids is 1. The molecule has 9 nitrogen and oxygen atoms in total. The minimum absolute atomic E-state index is 0.0783. The monoisotopic (exact) mass is 479 g/mol. The number of morpholine rings is 1. The Morgan fingerprint density at radius 3 is 2.46 bits per heavy atom. The van der Waals surface area contributed by atoms with Gasteiger partial charge in [0.05, 0.1) is 37.3 Å². The number of aromatic nitrogens is 2. The molecule has 0 amide bonds. The van der Waals surface area contributed by atoms with Crippen LogP contribution in [-0.4, -0.2) is 78.3 Å². The van der Waals surface area contributed by atoms with Gasteiger partial charge in [-0.15, -0.1) is 0 Å². The molecule has 1 aliphatic rings. The summed E-state index contributed by atoms with van der Waals surface area (Å²) in [6.07, 6.45) is 0.457. The molecule has 0 unspecified atom stereocenters. The van der Waals surface area contributed by atoms with Crippen LogP contribution < -0.4 is 4.74 Å². The van der Waals surface area contributed by atoms with Crippen LogP contribution >= 0.6 is 0 Å². The van der Waals surface area contributed by atoms with E-state index in [2.05, 4.69) is 10.00 Å². The Labute approximate surface area is 203 Å². The van der Waals surface area contributed by atoms with E-state index in [-0.39, 0.29) is 11.4 Å². The number of benzene rings is 2. The number of hydrogen-bond acceptors (Lipinski definition) is 7. The lowest BCUT2D eigenvalue weighted by Crippen LogP contribution is -2.38. The third-order valence-electron chi connectivity index (χ3n) is 5.97. The smallest absolute Gasteiger partial charge is 0.343 e. The van der Waals surface area contributed by atoms with Crippen molar-refractivity contribution in [3.63, 3.8) is 0 Å². The zero-order chi connectivity index (χ0) is 24.8. The Balaban J connectivity index is 1.64. The first-order valence-electron chi connectivity index (χ1n) is 11.6. The molecule has 0 aliphatic carbocycles. The molecule has 1 aliphatic heterocycles. The van der Waals surface area contributed by atoms with Crippen molar-refractivity contribution in [2.45, 2.75) is 13.3 Å². The van der Waals surface area contributed by atoms with Gasteiger partial charge in [-0.2, -0.15) is 5.10 Å². The first-order chi connectivity index (χ1) is 17.0. The van der Waals surface area contributed by atoms with Crippen LogP contribution in [0.25, 0.3) is 16.8 Å². The predicted octanol–water partition coefficient (Wildman–Crippen LogP) is 3.30. The molecule has 3 aromatic rings. The molecule has 1 saturated heterocycles. The number of nitrogens with zero attached hydrogens (tertiary/aromatic N) is 3. The Hall–Kier alpha value is -3.69. The summed E-state index contributed by atoms with van der Waals surface area (Å²) in [4.78, 5) is 26.5. The molecule has 2 heterocycles. The van der Waals surface area contributed by atoms with Crippen molar-refractivity contribution in [1.82, 2.24) is 14.7 Å². The molecular weight excluding hydrogens is 450 g/mol. The average molecular weight is 480 g/mol. The summed E-state index contributed by atoms with van der Waals surface area (Å²) in [6, 6.07) is 14.6. The lowest BCUT2D eigenvalue weighted by atomic mass is 9.99. The van der Waals surface area contributed by atoms with Gasteiger partial charge in [0.1, 0.15) is 12.2 Å². The van der Waals surface area contributed by atoms with Crippen molar-refractivity contribution in [3.05, 3.63) is 65.4 Å². The summed E-state index contributed by atoms with van der Waals surface area (Å²) in [5, 5.41) is 14.4. The van der Waals surface area contributed by atoms with E-state index >= 15 is 0 Å². The van der Waals surface area contributed by atoms with Gasteiger partial charge in [-0.05, 0) is 35.7 Å². The second-order valence-corrected chi connectivity index (χ2v) is 8.08. The summed E-state index contributed by atoms with van der Waals surface area (Å²) in [5.41, 5.74) is 3.23. The number of methoxy groups -OCH3 is 1. The van der Waals surface area contributed by atoms with Gasteiger partial charge in [-0.25, -0.2) is 14.3 Å². The fourth-order valence-corrected chi connectivity index (χ4v) is 4.12. The number of carbonyl (C=O) groups is 2. The highest BCUT2D eigenvalue weighted by atomic mass is 16.5. The van der Waals surface area contributed by atoms with Crippen molar-refractivity contribution in [3.8, 4) is 22.7 Å². The number of carboxylic acids is 1. The molecule has 1 fully saturated rings. The summed E-state index contributed by atoms with van der Waals surface area (Å²) in [5.74, 6) is -1.27. The number of aryl methyl sites for hydroxylation is 1. The standard InChI is InChI=1S/C26H29N3O6/c1-3-22-23(25(30)31)24(35-17-14-28-12-15-34-16-13-28)29(27-22)19-10-8-18(9-11-19)20-6-4-5-7-21(20)26(32)33-2/h4-11H,3,12-17H2,1-2H3,(H,30,31). The van der Waals surface area contributed by atoms with Crippen molar-refractivity contribution in [2.75, 3.05) is 46.6 Å². The lowest BCUT2D eigenvalue weighted by molar-refractivity contribution is 0.0317. The summed E-state index contributed by atoms with van der Waals surface area (Å²) < 4.78 is 17.8. The Kier molecular flexibility index (Phi) is 7.79. The largest absolute Gasteiger partial charge is 0.477 e. The maximum Gasteiger partial charge on any atom is 0.343 e. The quantitative estimate of drug-likeness (QED) is 0.467. The summed E-state index contributed by atoms with van der Waals surface area (Å²) in [6.45, 7) is 5.88. The lowest BCUT2D eigenvalue weighted by Gasteiger charge is -2.26. The van der Waals surface area contributed by atoms with E-state index in [0.29, 0.717) is 49.7 Å². The molecule has 0 atom stereocenters. The maximum atomic E-state index is 12.2. The van der Waals surface area contributed by atoms with E-state index in [9.17, 15) is 14.7 Å². The van der Waals surface area contributed by atoms with Crippen molar-refractivity contribution in [2.24, 2.45) is 0 Å². The molecule has 0 saturated carbocycles. The first-order valence-corrected chi connectivity index (χ1v) is 11.6. The zero-order valence-electron chi connectivity index (χ0n) is 19.9. The highest BCUT2D eigenvalue weighted by Crippen LogP contribution is 2.30. The molecular formula is C26H29N3O6. The number of carboxylic acid groups (broad SMARTS) is 1. The molecule has 0 spiro atoms. The van der Waals surface area contributed by atoms with E-state index < -0.39 is 11.9 Å². The van der Waals surface area contributed by atoms with Gasteiger partial charge < -0.3 is 19.3 Å². The van der Waals surface area contributed by atoms with E-state index in [1.807, 2.05) is 43.3 Å². The molecule has 2 aromatic carbocycles. The Bertz CT molecular complexity index is 1180. The van der Waals surface area contributed by atoms with E-state index in [4.69, 9.17) is 14.2 Å². The van der Waals surface area contributed by atoms with Crippen LogP contribution in [0.4, 0.5) is 0 Å². The molecule has 0 radical (unpaired) electrons. The summed E-state index contributed by atoms with van der Waals surface area (Å²) >= 11 is 0. The van der Waals surface area contributed by atoms with E-state index in [1.165, 1.54) is 11.8 Å². The van der Waals surface area contributed by atoms with Crippen LogP contribution in [0, 0.1) is 0 Å². The third-order valence-corrected chi connectivity index (χ3v) is 5.97. The fourth-order valence-electron chi connectivity index (χ4n) is 4.12. The minimum Gasteiger partial charge on any atom is -0.477 e. The number of ether oxygens (including phenoxy) is 3. The van der Waals surface area contributed by atoms with Crippen LogP contribution in [0.5, 0.6) is 5.88 Å². The van der Waals surface area contributed by atoms with Crippen molar-refractivity contribution in [1.29, 1.82) is 0 Å². The molecule has 9 heteroatoms. The molecule has 35 heavy (non-hydrogen) atoms. The number of esters is 1. The van der Waals surface area contributed by atoms with E-state index in [1.54, 1.807) is 12.1 Å². The van der Waals surface area contributed by atoms with Gasteiger partial charge in [0.2, 0.25) is 5.88 Å². The number of rotatable bonds is 9. The van der Waals surface area contributed by atoms with Gasteiger partial charge >= 0.3 is 11.9 Å². The molecule has 1 aromatic heterocycles. The first kappa shape index (κ1) is 24.4.